The van der Waals surface area contributed by atoms with E-state index in [9.17, 15) is 4.79 Å². The smallest absolute Gasteiger partial charge is 0.159 e. The number of hydrogen-bond donors (Lipinski definition) is 1. The molecule has 1 atom stereocenters. The molecule has 1 aromatic heterocycles. The van der Waals surface area contributed by atoms with Gasteiger partial charge in [0.15, 0.2) is 5.78 Å². The molecule has 0 unspecified atom stereocenters. The maximum absolute atomic E-state index is 11.5. The van der Waals surface area contributed by atoms with Crippen molar-refractivity contribution in [2.75, 3.05) is 5.32 Å². The Labute approximate surface area is 165 Å². The van der Waals surface area contributed by atoms with E-state index in [2.05, 4.69) is 65.5 Å². The number of hydrogen-bond acceptors (Lipinski definition) is 4. The molecule has 0 saturated carbocycles. The Hall–Kier alpha value is -3.27. The van der Waals surface area contributed by atoms with E-state index in [0.717, 1.165) is 33.7 Å². The molecule has 1 aliphatic carbocycles. The first-order valence-corrected chi connectivity index (χ1v) is 9.52. The van der Waals surface area contributed by atoms with Gasteiger partial charge in [-0.25, -0.2) is 9.97 Å². The number of rotatable bonds is 4. The quantitative estimate of drug-likeness (QED) is 0.675. The first-order chi connectivity index (χ1) is 13.5. The van der Waals surface area contributed by atoms with Gasteiger partial charge in [0, 0.05) is 17.8 Å². The fourth-order valence-electron chi connectivity index (χ4n) is 3.51. The minimum atomic E-state index is 0.118. The molecule has 0 amide bonds. The maximum Gasteiger partial charge on any atom is 0.159 e. The van der Waals surface area contributed by atoms with Crippen LogP contribution in [-0.2, 0) is 4.79 Å². The van der Waals surface area contributed by atoms with E-state index in [4.69, 9.17) is 0 Å². The third-order valence-electron chi connectivity index (χ3n) is 5.01. The van der Waals surface area contributed by atoms with Gasteiger partial charge in [0.2, 0.25) is 0 Å². The van der Waals surface area contributed by atoms with Crippen LogP contribution in [0.15, 0.2) is 60.7 Å². The molecule has 0 aliphatic heterocycles. The number of aryl methyl sites for hydroxylation is 2. The molecule has 0 fully saturated rings. The second-order valence-corrected chi connectivity index (χ2v) is 7.29. The van der Waals surface area contributed by atoms with Crippen molar-refractivity contribution in [1.29, 1.82) is 0 Å². The number of anilines is 1. The van der Waals surface area contributed by atoms with Gasteiger partial charge in [0.05, 0.1) is 5.52 Å². The van der Waals surface area contributed by atoms with Crippen molar-refractivity contribution in [2.45, 2.75) is 33.2 Å². The van der Waals surface area contributed by atoms with E-state index >= 15 is 0 Å². The number of carbonyl (C=O) groups excluding carboxylic acids is 1. The van der Waals surface area contributed by atoms with E-state index in [0.29, 0.717) is 6.42 Å². The second kappa shape index (κ2) is 7.39. The number of benzene rings is 2. The Morgan fingerprint density at radius 3 is 2.64 bits per heavy atom. The maximum atomic E-state index is 11.5. The summed E-state index contributed by atoms with van der Waals surface area (Å²) in [6, 6.07) is 14.8. The lowest BCUT2D eigenvalue weighted by Crippen LogP contribution is -2.10. The number of allylic oxidation sites excluding steroid dienone is 4. The third-order valence-corrected chi connectivity index (χ3v) is 5.01. The third kappa shape index (κ3) is 3.72. The summed E-state index contributed by atoms with van der Waals surface area (Å²) in [5, 5.41) is 4.54. The lowest BCUT2D eigenvalue weighted by molar-refractivity contribution is -0.113. The van der Waals surface area contributed by atoms with Gasteiger partial charge in [0.1, 0.15) is 11.6 Å². The number of nitrogens with zero attached hydrogens (tertiary/aromatic N) is 2. The zero-order chi connectivity index (χ0) is 19.7. The van der Waals surface area contributed by atoms with Gasteiger partial charge in [-0.3, -0.25) is 4.79 Å². The van der Waals surface area contributed by atoms with Gasteiger partial charge in [-0.1, -0.05) is 48.0 Å². The Morgan fingerprint density at radius 1 is 1.04 bits per heavy atom. The number of aromatic nitrogens is 2. The summed E-state index contributed by atoms with van der Waals surface area (Å²) in [7, 11) is 0. The summed E-state index contributed by atoms with van der Waals surface area (Å²) in [5.74, 6) is 1.70. The molecule has 1 heterocycles. The van der Waals surface area contributed by atoms with Crippen molar-refractivity contribution < 1.29 is 4.79 Å². The summed E-state index contributed by atoms with van der Waals surface area (Å²) >= 11 is 0. The zero-order valence-corrected chi connectivity index (χ0v) is 16.4. The molecular weight excluding hydrogens is 346 g/mol. The molecule has 0 saturated heterocycles. The largest absolute Gasteiger partial charge is 0.363 e. The molecule has 1 aliphatic rings. The average Bonchev–Trinajstić information content (AvgIpc) is 2.68. The fraction of sp³-hybridized carbons (Fsp3) is 0.208. The highest BCUT2D eigenvalue weighted by atomic mass is 16.1. The molecule has 28 heavy (non-hydrogen) atoms. The molecular formula is C24H23N3O. The highest BCUT2D eigenvalue weighted by molar-refractivity contribution is 5.99. The number of carbonyl (C=O) groups is 1. The van der Waals surface area contributed by atoms with Crippen molar-refractivity contribution in [3.05, 3.63) is 83.2 Å². The standard InChI is InChI=1S/C24H23N3O/c1-15-5-4-6-19(13-15)16(2)25-24-22-14-20(18-7-10-21(28)11-8-18)9-12-23(22)26-17(3)27-24/h4-10,12-14,16H,11H2,1-3H3,(H,25,26,27)/t16-/m1/s1. The molecule has 2 aromatic carbocycles. The molecule has 4 rings (SSSR count). The number of nitrogens with one attached hydrogen (secondary N) is 1. The van der Waals surface area contributed by atoms with Crippen LogP contribution in [0.1, 0.15) is 41.9 Å². The van der Waals surface area contributed by atoms with Crippen LogP contribution in [0.4, 0.5) is 5.82 Å². The molecule has 0 radical (unpaired) electrons. The molecule has 4 nitrogen and oxygen atoms in total. The van der Waals surface area contributed by atoms with Crippen LogP contribution in [0.3, 0.4) is 0 Å². The van der Waals surface area contributed by atoms with Crippen LogP contribution in [0.2, 0.25) is 0 Å². The van der Waals surface area contributed by atoms with Gasteiger partial charge in [-0.05, 0) is 55.7 Å². The van der Waals surface area contributed by atoms with Crippen molar-refractivity contribution >= 4 is 28.1 Å². The predicted octanol–water partition coefficient (Wildman–Crippen LogP) is 5.33. The van der Waals surface area contributed by atoms with Gasteiger partial charge in [-0.2, -0.15) is 0 Å². The van der Waals surface area contributed by atoms with Gasteiger partial charge >= 0.3 is 0 Å². The Kier molecular flexibility index (Phi) is 4.78. The van der Waals surface area contributed by atoms with E-state index in [1.165, 1.54) is 11.1 Å². The molecule has 4 heteroatoms. The predicted molar refractivity (Wildman–Crippen MR) is 114 cm³/mol. The van der Waals surface area contributed by atoms with Crippen LogP contribution in [0.25, 0.3) is 16.5 Å². The first-order valence-electron chi connectivity index (χ1n) is 9.52. The minimum Gasteiger partial charge on any atom is -0.363 e. The summed E-state index contributed by atoms with van der Waals surface area (Å²) in [4.78, 5) is 20.7. The van der Waals surface area contributed by atoms with Crippen LogP contribution in [0, 0.1) is 13.8 Å². The van der Waals surface area contributed by atoms with Crippen molar-refractivity contribution in [2.24, 2.45) is 0 Å². The van der Waals surface area contributed by atoms with Gasteiger partial charge in [0.25, 0.3) is 0 Å². The van der Waals surface area contributed by atoms with Crippen molar-refractivity contribution in [3.63, 3.8) is 0 Å². The van der Waals surface area contributed by atoms with E-state index in [-0.39, 0.29) is 11.8 Å². The lowest BCUT2D eigenvalue weighted by Gasteiger charge is -2.18. The Morgan fingerprint density at radius 2 is 1.89 bits per heavy atom. The number of fused-ring (bicyclic) bond motifs is 1. The van der Waals surface area contributed by atoms with E-state index in [1.54, 1.807) is 6.08 Å². The highest BCUT2D eigenvalue weighted by Gasteiger charge is 2.13. The summed E-state index contributed by atoms with van der Waals surface area (Å²) in [5.41, 5.74) is 5.49. The Balaban J connectivity index is 1.73. The van der Waals surface area contributed by atoms with Crippen LogP contribution in [0.5, 0.6) is 0 Å². The summed E-state index contributed by atoms with van der Waals surface area (Å²) < 4.78 is 0. The van der Waals surface area contributed by atoms with E-state index in [1.807, 2.05) is 25.1 Å². The van der Waals surface area contributed by atoms with Gasteiger partial charge in [-0.15, -0.1) is 0 Å². The van der Waals surface area contributed by atoms with Crippen molar-refractivity contribution in [3.8, 4) is 0 Å². The van der Waals surface area contributed by atoms with Gasteiger partial charge < -0.3 is 5.32 Å². The van der Waals surface area contributed by atoms with Crippen molar-refractivity contribution in [1.82, 2.24) is 9.97 Å². The molecule has 3 aromatic rings. The van der Waals surface area contributed by atoms with E-state index < -0.39 is 0 Å². The van der Waals surface area contributed by atoms with Crippen LogP contribution >= 0.6 is 0 Å². The lowest BCUT2D eigenvalue weighted by atomic mass is 9.97. The number of ketones is 1. The normalized spacial score (nSPS) is 14.8. The van der Waals surface area contributed by atoms with Crippen LogP contribution < -0.4 is 5.32 Å². The molecule has 0 bridgehead atoms. The van der Waals surface area contributed by atoms with Crippen LogP contribution in [-0.4, -0.2) is 15.8 Å². The molecule has 0 spiro atoms. The fourth-order valence-corrected chi connectivity index (χ4v) is 3.51. The summed E-state index contributed by atoms with van der Waals surface area (Å²) in [6.45, 7) is 6.15. The monoisotopic (exact) mass is 369 g/mol. The second-order valence-electron chi connectivity index (χ2n) is 7.29. The highest BCUT2D eigenvalue weighted by Crippen LogP contribution is 2.29. The average molecular weight is 369 g/mol. The zero-order valence-electron chi connectivity index (χ0n) is 16.4. The Bertz CT molecular complexity index is 1130. The first kappa shape index (κ1) is 18.1. The minimum absolute atomic E-state index is 0.118. The SMILES string of the molecule is Cc1cccc([C@@H](C)Nc2nc(C)nc3ccc(C4=CCC(=O)C=C4)cc23)c1. The molecule has 140 valence electrons. The topological polar surface area (TPSA) is 54.9 Å². The molecule has 1 N–H and O–H groups in total. The summed E-state index contributed by atoms with van der Waals surface area (Å²) in [6.07, 6.45) is 5.94.